The smallest absolute Gasteiger partial charge is 0.213 e. The van der Waals surface area contributed by atoms with Gasteiger partial charge in [0.25, 0.3) is 0 Å². The highest BCUT2D eigenvalue weighted by atomic mass is 19.1. The fraction of sp³-hybridized carbons (Fsp3) is 0.267. The van der Waals surface area contributed by atoms with E-state index in [0.29, 0.717) is 5.88 Å². The van der Waals surface area contributed by atoms with Gasteiger partial charge >= 0.3 is 0 Å². The summed E-state index contributed by atoms with van der Waals surface area (Å²) in [5.74, 6) is 0.266. The summed E-state index contributed by atoms with van der Waals surface area (Å²) in [7, 11) is 3.44. The quantitative estimate of drug-likeness (QED) is 0.916. The van der Waals surface area contributed by atoms with Crippen LogP contribution in [-0.2, 0) is 0 Å². The summed E-state index contributed by atoms with van der Waals surface area (Å²) >= 11 is 0. The van der Waals surface area contributed by atoms with Crippen molar-refractivity contribution in [2.24, 2.45) is 0 Å². The molecule has 0 saturated carbocycles. The number of benzene rings is 1. The Morgan fingerprint density at radius 3 is 2.74 bits per heavy atom. The van der Waals surface area contributed by atoms with Crippen LogP contribution in [0.1, 0.15) is 18.5 Å². The SMILES string of the molecule is CNC(C)c1ccc(F)cc1-c1ccnc(OC)c1. The maximum atomic E-state index is 13.5. The molecule has 1 aromatic heterocycles. The zero-order valence-corrected chi connectivity index (χ0v) is 11.3. The van der Waals surface area contributed by atoms with Crippen LogP contribution >= 0.6 is 0 Å². The third kappa shape index (κ3) is 2.90. The van der Waals surface area contributed by atoms with Crippen molar-refractivity contribution >= 4 is 0 Å². The van der Waals surface area contributed by atoms with Crippen molar-refractivity contribution in [2.45, 2.75) is 13.0 Å². The van der Waals surface area contributed by atoms with Gasteiger partial charge in [0.1, 0.15) is 5.82 Å². The minimum atomic E-state index is -0.252. The monoisotopic (exact) mass is 260 g/mol. The van der Waals surface area contributed by atoms with Crippen LogP contribution in [0.25, 0.3) is 11.1 Å². The van der Waals surface area contributed by atoms with Crippen molar-refractivity contribution < 1.29 is 9.13 Å². The van der Waals surface area contributed by atoms with Crippen molar-refractivity contribution in [3.8, 4) is 17.0 Å². The van der Waals surface area contributed by atoms with Crippen LogP contribution in [-0.4, -0.2) is 19.1 Å². The molecule has 0 aliphatic carbocycles. The van der Waals surface area contributed by atoms with Crippen LogP contribution in [0, 0.1) is 5.82 Å². The highest BCUT2D eigenvalue weighted by molar-refractivity contribution is 5.68. The number of nitrogens with zero attached hydrogens (tertiary/aromatic N) is 1. The second-order valence-electron chi connectivity index (χ2n) is 4.33. The van der Waals surface area contributed by atoms with E-state index >= 15 is 0 Å². The predicted molar refractivity (Wildman–Crippen MR) is 73.7 cm³/mol. The Balaban J connectivity index is 2.55. The Morgan fingerprint density at radius 2 is 2.05 bits per heavy atom. The number of pyridine rings is 1. The minimum Gasteiger partial charge on any atom is -0.481 e. The van der Waals surface area contributed by atoms with Crippen LogP contribution in [0.5, 0.6) is 5.88 Å². The summed E-state index contributed by atoms with van der Waals surface area (Å²) in [6.07, 6.45) is 1.66. The van der Waals surface area contributed by atoms with Crippen LogP contribution in [0.4, 0.5) is 4.39 Å². The molecular formula is C15H17FN2O. The molecule has 0 spiro atoms. The Bertz CT molecular complexity index is 572. The van der Waals surface area contributed by atoms with Gasteiger partial charge in [-0.3, -0.25) is 0 Å². The molecule has 1 N–H and O–H groups in total. The first-order chi connectivity index (χ1) is 9.15. The highest BCUT2D eigenvalue weighted by Gasteiger charge is 2.12. The van der Waals surface area contributed by atoms with Crippen molar-refractivity contribution in [3.05, 3.63) is 47.9 Å². The summed E-state index contributed by atoms with van der Waals surface area (Å²) < 4.78 is 18.6. The molecular weight excluding hydrogens is 243 g/mol. The van der Waals surface area contributed by atoms with E-state index in [1.165, 1.54) is 12.1 Å². The molecule has 100 valence electrons. The normalized spacial score (nSPS) is 12.2. The van der Waals surface area contributed by atoms with Gasteiger partial charge in [0.05, 0.1) is 7.11 Å². The third-order valence-electron chi connectivity index (χ3n) is 3.17. The van der Waals surface area contributed by atoms with E-state index in [1.807, 2.05) is 20.0 Å². The Kier molecular flexibility index (Phi) is 4.12. The molecule has 1 aromatic carbocycles. The largest absolute Gasteiger partial charge is 0.481 e. The number of aromatic nitrogens is 1. The van der Waals surface area contributed by atoms with E-state index in [-0.39, 0.29) is 11.9 Å². The molecule has 0 aliphatic rings. The van der Waals surface area contributed by atoms with Crippen LogP contribution in [0.2, 0.25) is 0 Å². The zero-order chi connectivity index (χ0) is 13.8. The molecule has 0 bridgehead atoms. The predicted octanol–water partition coefficient (Wildman–Crippen LogP) is 3.18. The molecule has 1 heterocycles. The molecule has 0 saturated heterocycles. The van der Waals surface area contributed by atoms with Gasteiger partial charge in [-0.1, -0.05) is 6.07 Å². The number of nitrogens with one attached hydrogen (secondary N) is 1. The average Bonchev–Trinajstić information content (AvgIpc) is 2.46. The number of halogens is 1. The van der Waals surface area contributed by atoms with E-state index in [2.05, 4.69) is 10.3 Å². The lowest BCUT2D eigenvalue weighted by atomic mass is 9.96. The van der Waals surface area contributed by atoms with Crippen LogP contribution < -0.4 is 10.1 Å². The maximum absolute atomic E-state index is 13.5. The summed E-state index contributed by atoms with van der Waals surface area (Å²) in [6, 6.07) is 8.61. The van der Waals surface area contributed by atoms with Gasteiger partial charge in [-0.15, -0.1) is 0 Å². The minimum absolute atomic E-state index is 0.134. The van der Waals surface area contributed by atoms with Gasteiger partial charge < -0.3 is 10.1 Å². The van der Waals surface area contributed by atoms with E-state index in [4.69, 9.17) is 4.74 Å². The van der Waals surface area contributed by atoms with Gasteiger partial charge in [-0.05, 0) is 48.9 Å². The molecule has 0 fully saturated rings. The molecule has 1 unspecified atom stereocenters. The first-order valence-corrected chi connectivity index (χ1v) is 6.13. The molecule has 3 nitrogen and oxygen atoms in total. The topological polar surface area (TPSA) is 34.2 Å². The number of rotatable bonds is 4. The lowest BCUT2D eigenvalue weighted by Crippen LogP contribution is -2.13. The van der Waals surface area contributed by atoms with E-state index in [9.17, 15) is 4.39 Å². The molecule has 0 aliphatic heterocycles. The van der Waals surface area contributed by atoms with E-state index < -0.39 is 0 Å². The molecule has 2 rings (SSSR count). The van der Waals surface area contributed by atoms with Crippen molar-refractivity contribution in [2.75, 3.05) is 14.2 Å². The lowest BCUT2D eigenvalue weighted by Gasteiger charge is -2.16. The summed E-state index contributed by atoms with van der Waals surface area (Å²) in [4.78, 5) is 4.07. The summed E-state index contributed by atoms with van der Waals surface area (Å²) in [5.41, 5.74) is 2.78. The first-order valence-electron chi connectivity index (χ1n) is 6.13. The molecule has 4 heteroatoms. The number of ether oxygens (including phenoxy) is 1. The standard InChI is InChI=1S/C15H17FN2O/c1-10(17-2)13-5-4-12(16)9-14(13)11-6-7-18-15(8-11)19-3/h4-10,17H,1-3H3. The lowest BCUT2D eigenvalue weighted by molar-refractivity contribution is 0.398. The van der Waals surface area contributed by atoms with E-state index in [1.54, 1.807) is 25.4 Å². The molecule has 0 radical (unpaired) electrons. The zero-order valence-electron chi connectivity index (χ0n) is 11.3. The average molecular weight is 260 g/mol. The first kappa shape index (κ1) is 13.5. The molecule has 0 amide bonds. The van der Waals surface area contributed by atoms with Crippen molar-refractivity contribution in [1.82, 2.24) is 10.3 Å². The van der Waals surface area contributed by atoms with Gasteiger partial charge in [0, 0.05) is 18.3 Å². The maximum Gasteiger partial charge on any atom is 0.213 e. The Morgan fingerprint density at radius 1 is 1.26 bits per heavy atom. The molecule has 1 atom stereocenters. The number of hydrogen-bond acceptors (Lipinski definition) is 3. The third-order valence-corrected chi connectivity index (χ3v) is 3.17. The second kappa shape index (κ2) is 5.80. The van der Waals surface area contributed by atoms with Crippen LogP contribution in [0.15, 0.2) is 36.5 Å². The van der Waals surface area contributed by atoms with Gasteiger partial charge in [-0.25, -0.2) is 9.37 Å². The Hall–Kier alpha value is -1.94. The summed E-state index contributed by atoms with van der Waals surface area (Å²) in [6.45, 7) is 2.04. The summed E-state index contributed by atoms with van der Waals surface area (Å²) in [5, 5.41) is 3.17. The van der Waals surface area contributed by atoms with Gasteiger partial charge in [0.2, 0.25) is 5.88 Å². The molecule has 19 heavy (non-hydrogen) atoms. The molecule has 2 aromatic rings. The van der Waals surface area contributed by atoms with Crippen LogP contribution in [0.3, 0.4) is 0 Å². The van der Waals surface area contributed by atoms with Gasteiger partial charge in [0.15, 0.2) is 0 Å². The fourth-order valence-electron chi connectivity index (χ4n) is 2.00. The van der Waals surface area contributed by atoms with E-state index in [0.717, 1.165) is 16.7 Å². The fourth-order valence-corrected chi connectivity index (χ4v) is 2.00. The number of methoxy groups -OCH3 is 1. The number of hydrogen-bond donors (Lipinski definition) is 1. The second-order valence-corrected chi connectivity index (χ2v) is 4.33. The van der Waals surface area contributed by atoms with Crippen molar-refractivity contribution in [3.63, 3.8) is 0 Å². The highest BCUT2D eigenvalue weighted by Crippen LogP contribution is 2.30. The van der Waals surface area contributed by atoms with Gasteiger partial charge in [-0.2, -0.15) is 0 Å². The van der Waals surface area contributed by atoms with Crippen molar-refractivity contribution in [1.29, 1.82) is 0 Å². The Labute approximate surface area is 112 Å².